The topological polar surface area (TPSA) is 53.0 Å². The van der Waals surface area contributed by atoms with E-state index in [4.69, 9.17) is 4.74 Å². The van der Waals surface area contributed by atoms with Crippen molar-refractivity contribution in [2.24, 2.45) is 0 Å². The summed E-state index contributed by atoms with van der Waals surface area (Å²) in [5.41, 5.74) is 2.20. The Morgan fingerprint density at radius 2 is 1.58 bits per heavy atom. The van der Waals surface area contributed by atoms with Gasteiger partial charge in [-0.15, -0.1) is 0 Å². The number of benzene rings is 2. The Hall–Kier alpha value is -2.53. The number of carbonyl (C=O) groups excluding carboxylic acids is 1. The minimum Gasteiger partial charge on any atom is -0.508 e. The van der Waals surface area contributed by atoms with Crippen LogP contribution in [0.1, 0.15) is 18.1 Å². The van der Waals surface area contributed by atoms with E-state index < -0.39 is 0 Å². The molecular weight excluding hydrogens is 328 g/mol. The zero-order valence-corrected chi connectivity index (χ0v) is 15.2. The number of phenols is 1. The number of phenolic OH excluding ortho intramolecular Hbond substituents is 1. The number of rotatable bonds is 6. The molecular formula is C21H26N2O3. The fourth-order valence-corrected chi connectivity index (χ4v) is 3.17. The molecule has 0 spiro atoms. The van der Waals surface area contributed by atoms with Crippen molar-refractivity contribution in [2.75, 3.05) is 32.8 Å². The molecule has 138 valence electrons. The van der Waals surface area contributed by atoms with Crippen molar-refractivity contribution in [1.82, 2.24) is 9.80 Å². The highest BCUT2D eigenvalue weighted by molar-refractivity contribution is 5.78. The maximum absolute atomic E-state index is 12.4. The zero-order valence-electron chi connectivity index (χ0n) is 15.2. The molecule has 5 nitrogen and oxygen atoms in total. The molecule has 2 aromatic carbocycles. The standard InChI is InChI=1S/C21H26N2O3/c1-2-26-20-9-5-18(6-10-20)16-22-11-13-23(14-12-22)21(25)15-17-3-7-19(24)8-4-17/h3-10,24H,2,11-16H2,1H3. The van der Waals surface area contributed by atoms with Gasteiger partial charge in [-0.1, -0.05) is 24.3 Å². The van der Waals surface area contributed by atoms with Crippen LogP contribution in [-0.4, -0.2) is 53.6 Å². The summed E-state index contributed by atoms with van der Waals surface area (Å²) in [4.78, 5) is 16.8. The Bertz CT molecular complexity index is 705. The van der Waals surface area contributed by atoms with Crippen LogP contribution in [0.2, 0.25) is 0 Å². The van der Waals surface area contributed by atoms with E-state index >= 15 is 0 Å². The molecule has 0 radical (unpaired) electrons. The minimum absolute atomic E-state index is 0.149. The summed E-state index contributed by atoms with van der Waals surface area (Å²) in [6.45, 7) is 6.84. The summed E-state index contributed by atoms with van der Waals surface area (Å²) in [7, 11) is 0. The molecule has 1 aliphatic heterocycles. The summed E-state index contributed by atoms with van der Waals surface area (Å²) in [6.07, 6.45) is 0.388. The van der Waals surface area contributed by atoms with Crippen LogP contribution >= 0.6 is 0 Å². The average molecular weight is 354 g/mol. The van der Waals surface area contributed by atoms with Crippen molar-refractivity contribution in [3.05, 3.63) is 59.7 Å². The van der Waals surface area contributed by atoms with Crippen molar-refractivity contribution in [3.8, 4) is 11.5 Å². The smallest absolute Gasteiger partial charge is 0.227 e. The number of nitrogens with zero attached hydrogens (tertiary/aromatic N) is 2. The quantitative estimate of drug-likeness (QED) is 0.867. The molecule has 2 aromatic rings. The predicted molar refractivity (Wildman–Crippen MR) is 101 cm³/mol. The van der Waals surface area contributed by atoms with Crippen molar-refractivity contribution < 1.29 is 14.6 Å². The van der Waals surface area contributed by atoms with Gasteiger partial charge in [0.05, 0.1) is 13.0 Å². The molecule has 1 saturated heterocycles. The second-order valence-electron chi connectivity index (χ2n) is 6.58. The fourth-order valence-electron chi connectivity index (χ4n) is 3.17. The first-order chi connectivity index (χ1) is 12.6. The van der Waals surface area contributed by atoms with Gasteiger partial charge in [-0.2, -0.15) is 0 Å². The number of ether oxygens (including phenoxy) is 1. The van der Waals surface area contributed by atoms with Crippen LogP contribution in [0.3, 0.4) is 0 Å². The van der Waals surface area contributed by atoms with E-state index in [-0.39, 0.29) is 11.7 Å². The van der Waals surface area contributed by atoms with Crippen LogP contribution in [0.4, 0.5) is 0 Å². The average Bonchev–Trinajstić information content (AvgIpc) is 2.66. The molecule has 0 bridgehead atoms. The van der Waals surface area contributed by atoms with E-state index in [1.807, 2.05) is 24.0 Å². The molecule has 0 atom stereocenters. The summed E-state index contributed by atoms with van der Waals surface area (Å²) < 4.78 is 5.47. The molecule has 1 fully saturated rings. The predicted octanol–water partition coefficient (Wildman–Crippen LogP) is 2.68. The van der Waals surface area contributed by atoms with Crippen LogP contribution in [0, 0.1) is 0 Å². The number of hydrogen-bond acceptors (Lipinski definition) is 4. The molecule has 5 heteroatoms. The Balaban J connectivity index is 1.46. The monoisotopic (exact) mass is 354 g/mol. The van der Waals surface area contributed by atoms with Gasteiger partial charge in [0.15, 0.2) is 0 Å². The molecule has 0 saturated carbocycles. The maximum atomic E-state index is 12.4. The molecule has 0 unspecified atom stereocenters. The third-order valence-corrected chi connectivity index (χ3v) is 4.66. The lowest BCUT2D eigenvalue weighted by Gasteiger charge is -2.35. The maximum Gasteiger partial charge on any atom is 0.227 e. The lowest BCUT2D eigenvalue weighted by atomic mass is 10.1. The lowest BCUT2D eigenvalue weighted by molar-refractivity contribution is -0.132. The summed E-state index contributed by atoms with van der Waals surface area (Å²) in [6, 6.07) is 15.1. The van der Waals surface area contributed by atoms with Gasteiger partial charge in [-0.05, 0) is 42.3 Å². The highest BCUT2D eigenvalue weighted by Crippen LogP contribution is 2.16. The molecule has 1 N–H and O–H groups in total. The van der Waals surface area contributed by atoms with Gasteiger partial charge >= 0.3 is 0 Å². The largest absolute Gasteiger partial charge is 0.508 e. The van der Waals surface area contributed by atoms with Gasteiger partial charge in [-0.25, -0.2) is 0 Å². The normalized spacial score (nSPS) is 15.0. The molecule has 1 heterocycles. The van der Waals surface area contributed by atoms with E-state index in [1.54, 1.807) is 24.3 Å². The first-order valence-electron chi connectivity index (χ1n) is 9.14. The van der Waals surface area contributed by atoms with Crippen LogP contribution in [0.15, 0.2) is 48.5 Å². The zero-order chi connectivity index (χ0) is 18.4. The first kappa shape index (κ1) is 18.3. The van der Waals surface area contributed by atoms with E-state index in [1.165, 1.54) is 5.56 Å². The summed E-state index contributed by atoms with van der Waals surface area (Å²) >= 11 is 0. The van der Waals surface area contributed by atoms with Crippen LogP contribution in [0.5, 0.6) is 11.5 Å². The van der Waals surface area contributed by atoms with Crippen molar-refractivity contribution in [1.29, 1.82) is 0 Å². The van der Waals surface area contributed by atoms with Gasteiger partial charge in [0.1, 0.15) is 11.5 Å². The molecule has 3 rings (SSSR count). The van der Waals surface area contributed by atoms with Gasteiger partial charge in [0.2, 0.25) is 5.91 Å². The summed E-state index contributed by atoms with van der Waals surface area (Å²) in [5.74, 6) is 1.28. The van der Waals surface area contributed by atoms with Crippen molar-refractivity contribution in [2.45, 2.75) is 19.9 Å². The number of aromatic hydroxyl groups is 1. The lowest BCUT2D eigenvalue weighted by Crippen LogP contribution is -2.48. The third-order valence-electron chi connectivity index (χ3n) is 4.66. The van der Waals surface area contributed by atoms with Crippen LogP contribution in [-0.2, 0) is 17.8 Å². The van der Waals surface area contributed by atoms with E-state index in [9.17, 15) is 9.90 Å². The molecule has 1 amide bonds. The summed E-state index contributed by atoms with van der Waals surface area (Å²) in [5, 5.41) is 9.32. The Morgan fingerprint density at radius 3 is 2.19 bits per heavy atom. The van der Waals surface area contributed by atoms with E-state index in [2.05, 4.69) is 17.0 Å². The number of hydrogen-bond donors (Lipinski definition) is 1. The second kappa shape index (κ2) is 8.72. The third kappa shape index (κ3) is 4.99. The SMILES string of the molecule is CCOc1ccc(CN2CCN(C(=O)Cc3ccc(O)cc3)CC2)cc1. The van der Waals surface area contributed by atoms with Crippen LogP contribution in [0.25, 0.3) is 0 Å². The van der Waals surface area contributed by atoms with Crippen LogP contribution < -0.4 is 4.74 Å². The first-order valence-corrected chi connectivity index (χ1v) is 9.14. The van der Waals surface area contributed by atoms with E-state index in [0.29, 0.717) is 13.0 Å². The van der Waals surface area contributed by atoms with Crippen molar-refractivity contribution in [3.63, 3.8) is 0 Å². The van der Waals surface area contributed by atoms with Crippen molar-refractivity contribution >= 4 is 5.91 Å². The van der Waals surface area contributed by atoms with Gasteiger partial charge in [-0.3, -0.25) is 9.69 Å². The Kier molecular flexibility index (Phi) is 6.12. The molecule has 0 aliphatic carbocycles. The highest BCUT2D eigenvalue weighted by atomic mass is 16.5. The number of piperazine rings is 1. The highest BCUT2D eigenvalue weighted by Gasteiger charge is 2.21. The second-order valence-corrected chi connectivity index (χ2v) is 6.58. The Morgan fingerprint density at radius 1 is 0.962 bits per heavy atom. The number of carbonyl (C=O) groups is 1. The Labute approximate surface area is 154 Å². The van der Waals surface area contributed by atoms with E-state index in [0.717, 1.165) is 44.0 Å². The van der Waals surface area contributed by atoms with Gasteiger partial charge in [0, 0.05) is 32.7 Å². The molecule has 26 heavy (non-hydrogen) atoms. The van der Waals surface area contributed by atoms with Gasteiger partial charge < -0.3 is 14.7 Å². The molecule has 0 aromatic heterocycles. The molecule has 1 aliphatic rings. The minimum atomic E-state index is 0.149. The fraction of sp³-hybridized carbons (Fsp3) is 0.381. The number of amides is 1. The van der Waals surface area contributed by atoms with Gasteiger partial charge in [0.25, 0.3) is 0 Å².